The van der Waals surface area contributed by atoms with E-state index in [2.05, 4.69) is 110 Å². The van der Waals surface area contributed by atoms with E-state index in [-0.39, 0.29) is 30.9 Å². The Bertz CT molecular complexity index is 1920. The second-order valence-corrected chi connectivity index (χ2v) is 16.7. The molecule has 1 atom stereocenters. The summed E-state index contributed by atoms with van der Waals surface area (Å²) in [5.41, 5.74) is 8.98. The maximum absolute atomic E-state index is 6.80. The first-order valence-electron chi connectivity index (χ1n) is 15.0. The minimum absolute atomic E-state index is 0. The van der Waals surface area contributed by atoms with E-state index in [4.69, 9.17) is 11.8 Å². The van der Waals surface area contributed by atoms with E-state index in [1.807, 2.05) is 60.8 Å². The minimum atomic E-state index is -2.20. The van der Waals surface area contributed by atoms with Gasteiger partial charge in [0, 0.05) is 38.5 Å². The van der Waals surface area contributed by atoms with Gasteiger partial charge in [-0.1, -0.05) is 118 Å². The van der Waals surface area contributed by atoms with E-state index in [9.17, 15) is 0 Å². The average Bonchev–Trinajstić information content (AvgIpc) is 3.08. The summed E-state index contributed by atoms with van der Waals surface area (Å²) in [7, 11) is 0. The van der Waals surface area contributed by atoms with Crippen molar-refractivity contribution < 1.29 is 20.1 Å². The zero-order valence-corrected chi connectivity index (χ0v) is 29.8. The SMILES string of the molecule is CC1(C)c2[c-]c(-c3ccccn3)cc3c2P(=S)(c2ccccc21)c1ccccc1C3(C)C.[Ir].[c-]1ccccc1-c1ccccn1. The fourth-order valence-electron chi connectivity index (χ4n) is 6.77. The Kier molecular flexibility index (Phi) is 8.40. The molecule has 2 aliphatic heterocycles. The van der Waals surface area contributed by atoms with Crippen molar-refractivity contribution in [2.75, 3.05) is 0 Å². The normalized spacial score (nSPS) is 17.7. The Balaban J connectivity index is 0.000000231. The minimum Gasteiger partial charge on any atom is -0.305 e. The number of pyridine rings is 2. The smallest absolute Gasteiger partial charge is 0.0160 e. The number of hydrogen-bond donors (Lipinski definition) is 0. The molecule has 1 unspecified atom stereocenters. The third kappa shape index (κ3) is 5.09. The molecule has 0 saturated carbocycles. The van der Waals surface area contributed by atoms with Crippen LogP contribution < -0.4 is 15.9 Å². The van der Waals surface area contributed by atoms with Gasteiger partial charge in [0.05, 0.1) is 0 Å². The summed E-state index contributed by atoms with van der Waals surface area (Å²) >= 11 is 6.80. The van der Waals surface area contributed by atoms with Crippen LogP contribution in [0.5, 0.6) is 0 Å². The van der Waals surface area contributed by atoms with Crippen molar-refractivity contribution in [1.29, 1.82) is 0 Å². The van der Waals surface area contributed by atoms with E-state index < -0.39 is 6.04 Å². The molecule has 45 heavy (non-hydrogen) atoms. The quantitative estimate of drug-likeness (QED) is 0.131. The summed E-state index contributed by atoms with van der Waals surface area (Å²) in [4.78, 5) is 8.88. The Labute approximate surface area is 285 Å². The second-order valence-electron chi connectivity index (χ2n) is 12.4. The fourth-order valence-corrected chi connectivity index (χ4v) is 12.3. The molecule has 2 aliphatic rings. The molecule has 1 radical (unpaired) electrons. The van der Waals surface area contributed by atoms with Crippen LogP contribution in [0.1, 0.15) is 49.9 Å². The first-order valence-corrected chi connectivity index (χ1v) is 17.8. The Morgan fingerprint density at radius 1 is 0.600 bits per heavy atom. The average molecular weight is 797 g/mol. The maximum atomic E-state index is 6.80. The van der Waals surface area contributed by atoms with Crippen molar-refractivity contribution >= 4 is 33.8 Å². The molecule has 0 saturated heterocycles. The van der Waals surface area contributed by atoms with E-state index >= 15 is 0 Å². The molecule has 8 rings (SSSR count). The number of fused-ring (bicyclic) bond motifs is 4. The molecule has 2 aromatic heterocycles. The number of hydrogen-bond acceptors (Lipinski definition) is 3. The number of benzene rings is 4. The molecule has 2 nitrogen and oxygen atoms in total. The van der Waals surface area contributed by atoms with Crippen molar-refractivity contribution in [1.82, 2.24) is 9.97 Å². The van der Waals surface area contributed by atoms with Crippen LogP contribution in [0.25, 0.3) is 22.5 Å². The molecule has 0 N–H and O–H groups in total. The molecule has 0 fully saturated rings. The zero-order valence-electron chi connectivity index (χ0n) is 25.7. The summed E-state index contributed by atoms with van der Waals surface area (Å²) in [6.07, 6.45) is 3.65. The fraction of sp³-hybridized carbons (Fsp3) is 0.150. The van der Waals surface area contributed by atoms with Gasteiger partial charge in [-0.05, 0) is 56.1 Å². The second kappa shape index (κ2) is 12.0. The largest absolute Gasteiger partial charge is 0.305 e. The van der Waals surface area contributed by atoms with E-state index in [0.717, 1.165) is 22.5 Å². The van der Waals surface area contributed by atoms with E-state index in [0.29, 0.717) is 0 Å². The van der Waals surface area contributed by atoms with Gasteiger partial charge in [-0.25, -0.2) is 0 Å². The van der Waals surface area contributed by atoms with Gasteiger partial charge in [-0.3, -0.25) is 0 Å². The summed E-state index contributed by atoms with van der Waals surface area (Å²) in [6.45, 7) is 9.34. The standard InChI is InChI=1S/C29H25NPS.C11H8N.Ir/c1-28(2)20-11-5-7-14-25(20)31(32)26-15-8-6-12-21(26)29(3,4)23-18-19(17-22(28)27(23)31)24-13-9-10-16-30-24;1-2-6-10(7-3-1)11-8-4-5-9-12-11;/h5-17H,1-4H3;1-6,8-9H;/q2*-1;. The number of rotatable bonds is 2. The van der Waals surface area contributed by atoms with Crippen molar-refractivity contribution in [2.45, 2.75) is 38.5 Å². The summed E-state index contributed by atoms with van der Waals surface area (Å²) in [5, 5.41) is 4.05. The van der Waals surface area contributed by atoms with Gasteiger partial charge in [0.15, 0.2) is 0 Å². The Morgan fingerprint density at radius 3 is 1.69 bits per heavy atom. The molecule has 225 valence electrons. The van der Waals surface area contributed by atoms with Crippen molar-refractivity contribution in [3.8, 4) is 22.5 Å². The van der Waals surface area contributed by atoms with Crippen LogP contribution >= 0.6 is 6.04 Å². The molecule has 0 spiro atoms. The maximum Gasteiger partial charge on any atom is 0.0160 e. The topological polar surface area (TPSA) is 25.8 Å². The molecular formula is C40H33IrN2PS-2. The summed E-state index contributed by atoms with van der Waals surface area (Å²) in [6, 6.07) is 44.6. The van der Waals surface area contributed by atoms with Crippen LogP contribution in [0, 0.1) is 12.1 Å². The van der Waals surface area contributed by atoms with Gasteiger partial charge in [0.1, 0.15) is 0 Å². The van der Waals surface area contributed by atoms with E-state index in [1.165, 1.54) is 38.2 Å². The molecule has 0 amide bonds. The van der Waals surface area contributed by atoms with Crippen molar-refractivity contribution in [3.63, 3.8) is 0 Å². The first-order chi connectivity index (χ1) is 21.2. The van der Waals surface area contributed by atoms with Crippen LogP contribution in [0.2, 0.25) is 0 Å². The zero-order chi connectivity index (χ0) is 30.5. The van der Waals surface area contributed by atoms with Gasteiger partial charge in [-0.2, -0.15) is 0 Å². The third-order valence-corrected chi connectivity index (χ3v) is 14.0. The molecule has 6 aromatic rings. The van der Waals surface area contributed by atoms with Crippen molar-refractivity contribution in [3.05, 3.63) is 162 Å². The molecule has 4 heterocycles. The van der Waals surface area contributed by atoms with E-state index in [1.54, 1.807) is 6.20 Å². The molecular weight excluding hydrogens is 764 g/mol. The van der Waals surface area contributed by atoms with Crippen LogP contribution in [-0.2, 0) is 42.7 Å². The van der Waals surface area contributed by atoms with Crippen LogP contribution in [0.4, 0.5) is 0 Å². The Morgan fingerprint density at radius 2 is 1.13 bits per heavy atom. The summed E-state index contributed by atoms with van der Waals surface area (Å²) < 4.78 is 0. The third-order valence-electron chi connectivity index (χ3n) is 9.08. The summed E-state index contributed by atoms with van der Waals surface area (Å²) in [5.74, 6) is 0. The first kappa shape index (κ1) is 31.5. The van der Waals surface area contributed by atoms with Gasteiger partial charge >= 0.3 is 0 Å². The molecule has 4 aromatic carbocycles. The van der Waals surface area contributed by atoms with Crippen LogP contribution in [0.3, 0.4) is 0 Å². The monoisotopic (exact) mass is 797 g/mol. The van der Waals surface area contributed by atoms with Crippen LogP contribution in [-0.4, -0.2) is 9.97 Å². The van der Waals surface area contributed by atoms with Gasteiger partial charge in [0.25, 0.3) is 0 Å². The predicted molar refractivity (Wildman–Crippen MR) is 187 cm³/mol. The van der Waals surface area contributed by atoms with Crippen LogP contribution in [0.15, 0.2) is 128 Å². The van der Waals surface area contributed by atoms with Gasteiger partial charge in [-0.15, -0.1) is 64.7 Å². The Hall–Kier alpha value is -3.52. The molecule has 0 aliphatic carbocycles. The molecule has 5 heteroatoms. The van der Waals surface area contributed by atoms with Gasteiger partial charge in [0.2, 0.25) is 0 Å². The van der Waals surface area contributed by atoms with Crippen molar-refractivity contribution in [2.24, 2.45) is 0 Å². The number of aromatic nitrogens is 2. The molecule has 0 bridgehead atoms. The number of nitrogens with zero attached hydrogens (tertiary/aromatic N) is 2. The van der Waals surface area contributed by atoms with Gasteiger partial charge < -0.3 is 9.97 Å². The predicted octanol–water partition coefficient (Wildman–Crippen LogP) is 8.13.